The van der Waals surface area contributed by atoms with E-state index in [2.05, 4.69) is 53.7 Å². The summed E-state index contributed by atoms with van der Waals surface area (Å²) >= 11 is 0. The Bertz CT molecular complexity index is 932. The lowest BCUT2D eigenvalue weighted by Gasteiger charge is -2.12. The molecule has 4 aromatic rings. The smallest absolute Gasteiger partial charge is 0.179 e. The molecule has 6 nitrogen and oxygen atoms in total. The molecule has 1 fully saturated rings. The number of rotatable bonds is 2. The Kier molecular flexibility index (Phi) is 2.41. The molecule has 110 valence electrons. The molecule has 2 atom stereocenters. The fourth-order valence-corrected chi connectivity index (χ4v) is 3.72. The maximum absolute atomic E-state index is 4.47. The van der Waals surface area contributed by atoms with Gasteiger partial charge < -0.3 is 9.55 Å². The first-order chi connectivity index (χ1) is 10.9. The molecule has 0 spiro atoms. The van der Waals surface area contributed by atoms with Crippen LogP contribution in [0.5, 0.6) is 0 Å². The highest BCUT2D eigenvalue weighted by atomic mass is 15.3. The van der Waals surface area contributed by atoms with Crippen LogP contribution in [0.15, 0.2) is 43.0 Å². The first-order valence-corrected chi connectivity index (χ1v) is 7.70. The number of H-pyrrole nitrogens is 1. The van der Waals surface area contributed by atoms with E-state index in [-0.39, 0.29) is 0 Å². The third kappa shape index (κ3) is 1.63. The summed E-state index contributed by atoms with van der Waals surface area (Å²) in [6.07, 6.45) is 11.5. The average Bonchev–Trinajstić information content (AvgIpc) is 3.28. The van der Waals surface area contributed by atoms with Gasteiger partial charge in [-0.15, -0.1) is 10.2 Å². The zero-order valence-corrected chi connectivity index (χ0v) is 12.1. The van der Waals surface area contributed by atoms with E-state index in [1.54, 1.807) is 6.20 Å². The van der Waals surface area contributed by atoms with Crippen molar-refractivity contribution in [2.45, 2.75) is 31.2 Å². The van der Waals surface area contributed by atoms with Crippen LogP contribution in [-0.2, 0) is 0 Å². The number of hydrogen-bond acceptors (Lipinski definition) is 3. The standard InChI is InChI=1S/C16H16N6/c1-2-8-21(7-1)12-4-3-11(9-12)16-20-19-14-10-18-15-13(22(14)16)5-6-17-15/h1-2,5-8,10-12,17H,3-4,9H2/t11-,12-/m1/s1. The van der Waals surface area contributed by atoms with Gasteiger partial charge in [0.2, 0.25) is 0 Å². The lowest BCUT2D eigenvalue weighted by Crippen LogP contribution is -2.05. The molecule has 0 aliphatic heterocycles. The molecule has 0 radical (unpaired) electrons. The number of nitrogens with zero attached hydrogens (tertiary/aromatic N) is 5. The number of fused-ring (bicyclic) bond motifs is 3. The number of aromatic nitrogens is 6. The predicted octanol–water partition coefficient (Wildman–Crippen LogP) is 2.92. The number of nitrogens with one attached hydrogen (secondary N) is 1. The molecule has 1 aliphatic carbocycles. The fraction of sp³-hybridized carbons (Fsp3) is 0.312. The van der Waals surface area contributed by atoms with Crippen LogP contribution in [-0.4, -0.2) is 29.1 Å². The molecule has 6 heteroatoms. The minimum atomic E-state index is 0.447. The first kappa shape index (κ1) is 12.0. The van der Waals surface area contributed by atoms with E-state index in [9.17, 15) is 0 Å². The van der Waals surface area contributed by atoms with Crippen LogP contribution in [0.1, 0.15) is 37.0 Å². The van der Waals surface area contributed by atoms with Gasteiger partial charge in [0.05, 0.1) is 11.7 Å². The van der Waals surface area contributed by atoms with Gasteiger partial charge in [0.25, 0.3) is 0 Å². The summed E-state index contributed by atoms with van der Waals surface area (Å²) in [5.74, 6) is 1.51. The van der Waals surface area contributed by atoms with E-state index in [0.29, 0.717) is 12.0 Å². The molecule has 0 bridgehead atoms. The van der Waals surface area contributed by atoms with Crippen molar-refractivity contribution in [3.63, 3.8) is 0 Å². The molecule has 1 aliphatic rings. The summed E-state index contributed by atoms with van der Waals surface area (Å²) in [7, 11) is 0. The Morgan fingerprint density at radius 2 is 2.05 bits per heavy atom. The Labute approximate surface area is 126 Å². The van der Waals surface area contributed by atoms with Crippen LogP contribution >= 0.6 is 0 Å². The van der Waals surface area contributed by atoms with Crippen molar-refractivity contribution in [2.24, 2.45) is 0 Å². The number of hydrogen-bond donors (Lipinski definition) is 1. The van der Waals surface area contributed by atoms with Crippen LogP contribution in [0.4, 0.5) is 0 Å². The summed E-state index contributed by atoms with van der Waals surface area (Å²) in [6, 6.07) is 6.79. The van der Waals surface area contributed by atoms with Crippen molar-refractivity contribution in [1.82, 2.24) is 29.1 Å². The van der Waals surface area contributed by atoms with Gasteiger partial charge in [-0.3, -0.25) is 4.40 Å². The molecule has 5 rings (SSSR count). The van der Waals surface area contributed by atoms with Crippen molar-refractivity contribution >= 4 is 16.8 Å². The molecular formula is C16H16N6. The largest absolute Gasteiger partial charge is 0.351 e. The molecule has 0 unspecified atom stereocenters. The van der Waals surface area contributed by atoms with E-state index < -0.39 is 0 Å². The second kappa shape index (κ2) is 4.43. The highest BCUT2D eigenvalue weighted by Crippen LogP contribution is 2.40. The summed E-state index contributed by atoms with van der Waals surface area (Å²) in [5, 5.41) is 8.78. The highest BCUT2D eigenvalue weighted by molar-refractivity contribution is 5.74. The molecule has 0 amide bonds. The van der Waals surface area contributed by atoms with E-state index in [1.807, 2.05) is 12.3 Å². The summed E-state index contributed by atoms with van der Waals surface area (Å²) in [4.78, 5) is 7.54. The van der Waals surface area contributed by atoms with Crippen LogP contribution in [0.2, 0.25) is 0 Å². The summed E-state index contributed by atoms with van der Waals surface area (Å²) < 4.78 is 4.47. The lowest BCUT2D eigenvalue weighted by atomic mass is 10.1. The van der Waals surface area contributed by atoms with Gasteiger partial charge in [0.1, 0.15) is 5.82 Å². The molecular weight excluding hydrogens is 276 g/mol. The first-order valence-electron chi connectivity index (χ1n) is 7.70. The predicted molar refractivity (Wildman–Crippen MR) is 82.7 cm³/mol. The Morgan fingerprint density at radius 3 is 2.95 bits per heavy atom. The van der Waals surface area contributed by atoms with E-state index in [1.165, 1.54) is 6.42 Å². The van der Waals surface area contributed by atoms with Crippen molar-refractivity contribution < 1.29 is 0 Å². The van der Waals surface area contributed by atoms with Crippen LogP contribution in [0.3, 0.4) is 0 Å². The van der Waals surface area contributed by atoms with E-state index in [0.717, 1.165) is 35.5 Å². The third-order valence-electron chi connectivity index (χ3n) is 4.79. The van der Waals surface area contributed by atoms with Gasteiger partial charge in [0.15, 0.2) is 11.3 Å². The average molecular weight is 292 g/mol. The molecule has 1 saturated carbocycles. The van der Waals surface area contributed by atoms with Crippen molar-refractivity contribution in [3.8, 4) is 0 Å². The Balaban J connectivity index is 1.58. The SMILES string of the molecule is c1ccn([C@@H]2CC[C@@H](c3nnc4cnc5[nH]ccc5n34)C2)c1. The van der Waals surface area contributed by atoms with Crippen molar-refractivity contribution in [2.75, 3.05) is 0 Å². The van der Waals surface area contributed by atoms with Gasteiger partial charge in [-0.05, 0) is 37.5 Å². The third-order valence-corrected chi connectivity index (χ3v) is 4.79. The molecule has 0 saturated heterocycles. The zero-order valence-electron chi connectivity index (χ0n) is 12.1. The summed E-state index contributed by atoms with van der Waals surface area (Å²) in [5.41, 5.74) is 2.77. The minimum Gasteiger partial charge on any atom is -0.351 e. The van der Waals surface area contributed by atoms with Crippen LogP contribution in [0, 0.1) is 0 Å². The topological polar surface area (TPSA) is 63.8 Å². The fourth-order valence-electron chi connectivity index (χ4n) is 3.72. The van der Waals surface area contributed by atoms with Gasteiger partial charge in [-0.25, -0.2) is 4.98 Å². The van der Waals surface area contributed by atoms with Gasteiger partial charge in [-0.2, -0.15) is 0 Å². The van der Waals surface area contributed by atoms with Gasteiger partial charge in [-0.1, -0.05) is 0 Å². The molecule has 22 heavy (non-hydrogen) atoms. The van der Waals surface area contributed by atoms with Crippen LogP contribution in [0.25, 0.3) is 16.8 Å². The highest BCUT2D eigenvalue weighted by Gasteiger charge is 2.30. The van der Waals surface area contributed by atoms with Gasteiger partial charge >= 0.3 is 0 Å². The lowest BCUT2D eigenvalue weighted by molar-refractivity contribution is 0.508. The van der Waals surface area contributed by atoms with Gasteiger partial charge in [0, 0.05) is 30.6 Å². The minimum absolute atomic E-state index is 0.447. The Morgan fingerprint density at radius 1 is 1.14 bits per heavy atom. The molecule has 4 aromatic heterocycles. The molecule has 1 N–H and O–H groups in total. The number of aromatic amines is 1. The van der Waals surface area contributed by atoms with Crippen molar-refractivity contribution in [3.05, 3.63) is 48.8 Å². The zero-order chi connectivity index (χ0) is 14.5. The maximum Gasteiger partial charge on any atom is 0.179 e. The van der Waals surface area contributed by atoms with E-state index >= 15 is 0 Å². The maximum atomic E-state index is 4.47. The second-order valence-electron chi connectivity index (χ2n) is 6.02. The van der Waals surface area contributed by atoms with Crippen molar-refractivity contribution in [1.29, 1.82) is 0 Å². The van der Waals surface area contributed by atoms with E-state index in [4.69, 9.17) is 0 Å². The quantitative estimate of drug-likeness (QED) is 0.618. The monoisotopic (exact) mass is 292 g/mol. The summed E-state index contributed by atoms with van der Waals surface area (Å²) in [6.45, 7) is 0. The Hall–Kier alpha value is -2.63. The normalized spacial score (nSPS) is 22.0. The molecule has 0 aromatic carbocycles. The molecule has 4 heterocycles. The second-order valence-corrected chi connectivity index (χ2v) is 6.02. The van der Waals surface area contributed by atoms with Crippen LogP contribution < -0.4 is 0 Å².